The fourth-order valence-corrected chi connectivity index (χ4v) is 1.66. The molecule has 8 nitrogen and oxygen atoms in total. The van der Waals surface area contributed by atoms with Gasteiger partial charge in [0.05, 0.1) is 6.10 Å². The van der Waals surface area contributed by atoms with Gasteiger partial charge in [0.1, 0.15) is 0 Å². The zero-order chi connectivity index (χ0) is 16.0. The summed E-state index contributed by atoms with van der Waals surface area (Å²) in [6.07, 6.45) is -0.250. The molecular weight excluding hydrogens is 280 g/mol. The van der Waals surface area contributed by atoms with Crippen LogP contribution in [0, 0.1) is 6.92 Å². The smallest absolute Gasteiger partial charge is 0.344 e. The number of aromatic amines is 2. The Morgan fingerprint density at radius 1 is 1.14 bits per heavy atom. The van der Waals surface area contributed by atoms with Gasteiger partial charge >= 0.3 is 17.6 Å². The van der Waals surface area contributed by atoms with E-state index >= 15 is 0 Å². The summed E-state index contributed by atoms with van der Waals surface area (Å²) in [4.78, 5) is 49.8. The minimum Gasteiger partial charge on any atom is -0.460 e. The van der Waals surface area contributed by atoms with Crippen molar-refractivity contribution in [2.45, 2.75) is 39.7 Å². The van der Waals surface area contributed by atoms with Crippen LogP contribution in [-0.2, 0) is 25.5 Å². The summed E-state index contributed by atoms with van der Waals surface area (Å²) in [5.74, 6) is -1.25. The average Bonchev–Trinajstić information content (AvgIpc) is 2.34. The molecule has 0 aliphatic rings. The first-order valence-corrected chi connectivity index (χ1v) is 6.46. The van der Waals surface area contributed by atoms with E-state index in [1.165, 1.54) is 0 Å². The highest BCUT2D eigenvalue weighted by Crippen LogP contribution is 2.01. The van der Waals surface area contributed by atoms with E-state index < -0.39 is 29.8 Å². The summed E-state index contributed by atoms with van der Waals surface area (Å²) in [5, 5.41) is 0. The molecule has 0 atom stereocenters. The van der Waals surface area contributed by atoms with Crippen molar-refractivity contribution in [2.24, 2.45) is 0 Å². The standard InChI is InChI=1S/C13H18N2O6/c1-7(2)21-11(17)6-20-10(16)5-4-9-8(3)14-13(19)15-12(9)18/h7H,4-6H2,1-3H3,(H2,14,15,18,19). The Morgan fingerprint density at radius 3 is 2.38 bits per heavy atom. The maximum Gasteiger partial charge on any atom is 0.344 e. The number of carbonyl (C=O) groups excluding carboxylic acids is 2. The lowest BCUT2D eigenvalue weighted by Gasteiger charge is -2.08. The lowest BCUT2D eigenvalue weighted by atomic mass is 10.1. The van der Waals surface area contributed by atoms with Crippen molar-refractivity contribution in [2.75, 3.05) is 6.61 Å². The number of hydrogen-bond acceptors (Lipinski definition) is 6. The Hall–Kier alpha value is -2.38. The lowest BCUT2D eigenvalue weighted by Crippen LogP contribution is -2.27. The van der Waals surface area contributed by atoms with Gasteiger partial charge in [-0.05, 0) is 27.2 Å². The lowest BCUT2D eigenvalue weighted by molar-refractivity contribution is -0.161. The molecule has 0 bridgehead atoms. The molecule has 0 aliphatic carbocycles. The summed E-state index contributed by atoms with van der Waals surface area (Å²) < 4.78 is 9.54. The van der Waals surface area contributed by atoms with Gasteiger partial charge in [0, 0.05) is 17.7 Å². The van der Waals surface area contributed by atoms with Gasteiger partial charge in [-0.1, -0.05) is 0 Å². The maximum absolute atomic E-state index is 11.6. The van der Waals surface area contributed by atoms with Crippen LogP contribution in [-0.4, -0.2) is 34.6 Å². The van der Waals surface area contributed by atoms with Gasteiger partial charge in [-0.25, -0.2) is 9.59 Å². The number of carbonyl (C=O) groups is 2. The number of H-pyrrole nitrogens is 2. The molecule has 1 rings (SSSR count). The maximum atomic E-state index is 11.6. The minimum absolute atomic E-state index is 0.0785. The third kappa shape index (κ3) is 5.64. The highest BCUT2D eigenvalue weighted by molar-refractivity contribution is 5.76. The predicted molar refractivity (Wildman–Crippen MR) is 72.9 cm³/mol. The molecule has 0 saturated heterocycles. The Kier molecular flexibility index (Phi) is 5.89. The molecule has 0 unspecified atom stereocenters. The molecule has 0 aliphatic heterocycles. The average molecular weight is 298 g/mol. The molecule has 0 amide bonds. The molecular formula is C13H18N2O6. The van der Waals surface area contributed by atoms with Crippen molar-refractivity contribution in [3.8, 4) is 0 Å². The normalized spacial score (nSPS) is 10.5. The van der Waals surface area contributed by atoms with Crippen LogP contribution in [0.5, 0.6) is 0 Å². The van der Waals surface area contributed by atoms with Gasteiger partial charge in [0.15, 0.2) is 6.61 Å². The van der Waals surface area contributed by atoms with Crippen LogP contribution >= 0.6 is 0 Å². The van der Waals surface area contributed by atoms with Gasteiger partial charge < -0.3 is 14.5 Å². The zero-order valence-electron chi connectivity index (χ0n) is 12.1. The summed E-state index contributed by atoms with van der Waals surface area (Å²) in [7, 11) is 0. The van der Waals surface area contributed by atoms with Crippen molar-refractivity contribution in [3.05, 3.63) is 32.1 Å². The van der Waals surface area contributed by atoms with Gasteiger partial charge in [0.2, 0.25) is 0 Å². The SMILES string of the molecule is Cc1[nH]c(=O)[nH]c(=O)c1CCC(=O)OCC(=O)OC(C)C. The number of aromatic nitrogens is 2. The van der Waals surface area contributed by atoms with Crippen molar-refractivity contribution < 1.29 is 19.1 Å². The number of hydrogen-bond donors (Lipinski definition) is 2. The second-order valence-electron chi connectivity index (χ2n) is 4.71. The first-order chi connectivity index (χ1) is 9.79. The summed E-state index contributed by atoms with van der Waals surface area (Å²) >= 11 is 0. The fraction of sp³-hybridized carbons (Fsp3) is 0.538. The van der Waals surface area contributed by atoms with Gasteiger partial charge in [0.25, 0.3) is 5.56 Å². The molecule has 2 N–H and O–H groups in total. The van der Waals surface area contributed by atoms with Crippen LogP contribution in [0.3, 0.4) is 0 Å². The Morgan fingerprint density at radius 2 is 1.81 bits per heavy atom. The molecule has 116 valence electrons. The summed E-state index contributed by atoms with van der Waals surface area (Å²) in [6.45, 7) is 4.48. The molecule has 0 radical (unpaired) electrons. The highest BCUT2D eigenvalue weighted by Gasteiger charge is 2.12. The molecule has 0 saturated carbocycles. The molecule has 0 fully saturated rings. The molecule has 1 aromatic heterocycles. The van der Waals surface area contributed by atoms with E-state index in [9.17, 15) is 19.2 Å². The highest BCUT2D eigenvalue weighted by atomic mass is 16.6. The topological polar surface area (TPSA) is 118 Å². The Labute approximate surface area is 120 Å². The van der Waals surface area contributed by atoms with Gasteiger partial charge in [-0.2, -0.15) is 0 Å². The van der Waals surface area contributed by atoms with Crippen LogP contribution in [0.25, 0.3) is 0 Å². The minimum atomic E-state index is -0.628. The first kappa shape index (κ1) is 16.7. The summed E-state index contributed by atoms with van der Waals surface area (Å²) in [5.41, 5.74) is -0.435. The van der Waals surface area contributed by atoms with E-state index in [1.807, 2.05) is 0 Å². The van der Waals surface area contributed by atoms with Crippen LogP contribution < -0.4 is 11.2 Å². The largest absolute Gasteiger partial charge is 0.460 e. The van der Waals surface area contributed by atoms with E-state index in [0.717, 1.165) is 0 Å². The molecule has 21 heavy (non-hydrogen) atoms. The number of aryl methyl sites for hydroxylation is 1. The molecule has 0 aromatic carbocycles. The Bertz CT molecular complexity index is 628. The van der Waals surface area contributed by atoms with E-state index in [-0.39, 0.29) is 18.9 Å². The fourth-order valence-electron chi connectivity index (χ4n) is 1.66. The van der Waals surface area contributed by atoms with Crippen LogP contribution in [0.1, 0.15) is 31.5 Å². The van der Waals surface area contributed by atoms with Gasteiger partial charge in [-0.15, -0.1) is 0 Å². The monoisotopic (exact) mass is 298 g/mol. The predicted octanol–water partition coefficient (Wildman–Crippen LogP) is -0.201. The number of esters is 2. The molecule has 1 heterocycles. The van der Waals surface area contributed by atoms with Gasteiger partial charge in [-0.3, -0.25) is 14.6 Å². The van der Waals surface area contributed by atoms with Crippen LogP contribution in [0.4, 0.5) is 0 Å². The van der Waals surface area contributed by atoms with Crippen molar-refractivity contribution in [1.82, 2.24) is 9.97 Å². The third-order valence-corrected chi connectivity index (χ3v) is 2.55. The number of rotatable bonds is 6. The van der Waals surface area contributed by atoms with E-state index in [1.54, 1.807) is 20.8 Å². The molecule has 0 spiro atoms. The molecule has 1 aromatic rings. The molecule has 8 heteroatoms. The zero-order valence-corrected chi connectivity index (χ0v) is 12.1. The Balaban J connectivity index is 2.49. The second-order valence-corrected chi connectivity index (χ2v) is 4.71. The number of nitrogens with one attached hydrogen (secondary N) is 2. The van der Waals surface area contributed by atoms with Crippen molar-refractivity contribution in [1.29, 1.82) is 0 Å². The summed E-state index contributed by atoms with van der Waals surface area (Å²) in [6, 6.07) is 0. The van der Waals surface area contributed by atoms with E-state index in [2.05, 4.69) is 9.97 Å². The second kappa shape index (κ2) is 7.41. The van der Waals surface area contributed by atoms with Crippen molar-refractivity contribution in [3.63, 3.8) is 0 Å². The quantitative estimate of drug-likeness (QED) is 0.702. The van der Waals surface area contributed by atoms with Crippen LogP contribution in [0.15, 0.2) is 9.59 Å². The van der Waals surface area contributed by atoms with Crippen LogP contribution in [0.2, 0.25) is 0 Å². The number of ether oxygens (including phenoxy) is 2. The van der Waals surface area contributed by atoms with Crippen molar-refractivity contribution >= 4 is 11.9 Å². The van der Waals surface area contributed by atoms with E-state index in [0.29, 0.717) is 11.3 Å². The first-order valence-electron chi connectivity index (χ1n) is 6.46. The van der Waals surface area contributed by atoms with E-state index in [4.69, 9.17) is 9.47 Å². The third-order valence-electron chi connectivity index (χ3n) is 2.55.